The summed E-state index contributed by atoms with van der Waals surface area (Å²) >= 11 is 0. The highest BCUT2D eigenvalue weighted by Crippen LogP contribution is 2.15. The first-order valence-electron chi connectivity index (χ1n) is 7.66. The molecule has 25 heavy (non-hydrogen) atoms. The number of nitrogens with zero attached hydrogens (tertiary/aromatic N) is 9. The van der Waals surface area contributed by atoms with Crippen LogP contribution in [0.25, 0.3) is 0 Å². The fourth-order valence-corrected chi connectivity index (χ4v) is 2.57. The van der Waals surface area contributed by atoms with Gasteiger partial charge < -0.3 is 14.2 Å². The lowest BCUT2D eigenvalue weighted by Gasteiger charge is -2.26. The average molecular weight is 341 g/mol. The molecule has 128 valence electrons. The molecule has 0 radical (unpaired) electrons. The lowest BCUT2D eigenvalue weighted by Crippen LogP contribution is -2.39. The summed E-state index contributed by atoms with van der Waals surface area (Å²) in [6.07, 6.45) is 4.72. The van der Waals surface area contributed by atoms with Crippen molar-refractivity contribution < 1.29 is 9.53 Å². The largest absolute Gasteiger partial charge is 0.455 e. The molecule has 3 aromatic rings. The van der Waals surface area contributed by atoms with E-state index in [1.807, 2.05) is 4.57 Å². The van der Waals surface area contributed by atoms with Crippen molar-refractivity contribution >= 4 is 5.91 Å². The maximum atomic E-state index is 12.4. The average Bonchev–Trinajstić information content (AvgIpc) is 3.26. The van der Waals surface area contributed by atoms with Crippen molar-refractivity contribution in [3.05, 3.63) is 42.3 Å². The molecule has 0 N–H and O–H groups in total. The van der Waals surface area contributed by atoms with Gasteiger partial charge in [-0.1, -0.05) is 0 Å². The highest BCUT2D eigenvalue weighted by Gasteiger charge is 2.27. The fourth-order valence-electron chi connectivity index (χ4n) is 2.57. The Kier molecular flexibility index (Phi) is 3.80. The second-order valence-corrected chi connectivity index (χ2v) is 5.47. The topological polar surface area (TPSA) is 117 Å². The van der Waals surface area contributed by atoms with E-state index < -0.39 is 0 Å². The van der Waals surface area contributed by atoms with Gasteiger partial charge in [0.1, 0.15) is 6.33 Å². The van der Waals surface area contributed by atoms with Gasteiger partial charge in [-0.05, 0) is 6.07 Å². The predicted octanol–water partition coefficient (Wildman–Crippen LogP) is -0.568. The predicted molar refractivity (Wildman–Crippen MR) is 82.1 cm³/mol. The summed E-state index contributed by atoms with van der Waals surface area (Å²) in [6, 6.07) is 2.00. The maximum Gasteiger partial charge on any atom is 0.316 e. The normalized spacial score (nSPS) is 13.6. The van der Waals surface area contributed by atoms with Gasteiger partial charge in [0.25, 0.3) is 5.91 Å². The summed E-state index contributed by atoms with van der Waals surface area (Å²) in [7, 11) is 1.72. The molecule has 11 heteroatoms. The molecule has 11 nitrogen and oxygen atoms in total. The van der Waals surface area contributed by atoms with Crippen LogP contribution in [-0.2, 0) is 26.7 Å². The van der Waals surface area contributed by atoms with Crippen LogP contribution in [-0.4, -0.2) is 56.8 Å². The molecule has 1 aliphatic rings. The monoisotopic (exact) mass is 341 g/mol. The minimum absolute atomic E-state index is 0.181. The number of aryl methyl sites for hydroxylation is 1. The summed E-state index contributed by atoms with van der Waals surface area (Å²) < 4.78 is 8.96. The van der Waals surface area contributed by atoms with Crippen molar-refractivity contribution in [3.63, 3.8) is 0 Å². The zero-order valence-corrected chi connectivity index (χ0v) is 13.5. The van der Waals surface area contributed by atoms with Gasteiger partial charge in [-0.2, -0.15) is 0 Å². The standard InChI is InChI=1S/C14H15N9O2/c1-21-9-17-12(20-21)13(24)22-5-6-23-10(7-22)18-19-11(23)8-25-14-15-3-2-4-16-14/h2-4,9H,5-8H2,1H3. The van der Waals surface area contributed by atoms with E-state index in [-0.39, 0.29) is 24.3 Å². The third kappa shape index (κ3) is 3.03. The molecule has 0 bridgehead atoms. The molecule has 0 atom stereocenters. The summed E-state index contributed by atoms with van der Waals surface area (Å²) in [6.45, 7) is 1.67. The van der Waals surface area contributed by atoms with E-state index >= 15 is 0 Å². The second-order valence-electron chi connectivity index (χ2n) is 5.47. The smallest absolute Gasteiger partial charge is 0.316 e. The first-order valence-corrected chi connectivity index (χ1v) is 7.66. The quantitative estimate of drug-likeness (QED) is 0.619. The molecule has 3 aromatic heterocycles. The van der Waals surface area contributed by atoms with Crippen molar-refractivity contribution in [1.82, 2.24) is 44.4 Å². The number of hydrogen-bond acceptors (Lipinski definition) is 8. The van der Waals surface area contributed by atoms with Gasteiger partial charge >= 0.3 is 6.01 Å². The fraction of sp³-hybridized carbons (Fsp3) is 0.357. The Morgan fingerprint density at radius 2 is 2.04 bits per heavy atom. The van der Waals surface area contributed by atoms with E-state index in [0.717, 1.165) is 0 Å². The second kappa shape index (κ2) is 6.26. The molecule has 1 aliphatic heterocycles. The summed E-state index contributed by atoms with van der Waals surface area (Å²) in [5.74, 6) is 1.33. The molecule has 4 rings (SSSR count). The highest BCUT2D eigenvalue weighted by molar-refractivity contribution is 5.90. The molecule has 0 unspecified atom stereocenters. The van der Waals surface area contributed by atoms with Crippen molar-refractivity contribution in [1.29, 1.82) is 0 Å². The van der Waals surface area contributed by atoms with Gasteiger partial charge in [-0.15, -0.1) is 15.3 Å². The minimum atomic E-state index is -0.217. The van der Waals surface area contributed by atoms with Crippen molar-refractivity contribution in [2.24, 2.45) is 7.05 Å². The van der Waals surface area contributed by atoms with Crippen LogP contribution in [0, 0.1) is 0 Å². The van der Waals surface area contributed by atoms with Crippen LogP contribution in [0.2, 0.25) is 0 Å². The van der Waals surface area contributed by atoms with E-state index in [4.69, 9.17) is 4.74 Å². The van der Waals surface area contributed by atoms with E-state index in [1.54, 1.807) is 30.4 Å². The Labute approximate surface area is 142 Å². The molecule has 4 heterocycles. The molecular weight excluding hydrogens is 326 g/mol. The van der Waals surface area contributed by atoms with E-state index in [2.05, 4.69) is 30.2 Å². The number of carbonyl (C=O) groups excluding carboxylic acids is 1. The third-order valence-electron chi connectivity index (χ3n) is 3.78. The van der Waals surface area contributed by atoms with Crippen LogP contribution in [0.5, 0.6) is 6.01 Å². The number of hydrogen-bond donors (Lipinski definition) is 0. The Bertz CT molecular complexity index is 889. The number of aromatic nitrogens is 8. The summed E-state index contributed by atoms with van der Waals surface area (Å²) in [5, 5.41) is 12.3. The number of ether oxygens (including phenoxy) is 1. The molecule has 0 saturated carbocycles. The molecule has 0 aliphatic carbocycles. The molecule has 0 saturated heterocycles. The van der Waals surface area contributed by atoms with Crippen LogP contribution in [0.3, 0.4) is 0 Å². The van der Waals surface area contributed by atoms with Gasteiger partial charge in [0.2, 0.25) is 5.82 Å². The minimum Gasteiger partial charge on any atom is -0.455 e. The Hall–Kier alpha value is -3.37. The lowest BCUT2D eigenvalue weighted by atomic mass is 10.3. The molecular formula is C14H15N9O2. The SMILES string of the molecule is Cn1cnc(C(=O)N2CCn3c(COc4ncccn4)nnc3C2)n1. The van der Waals surface area contributed by atoms with Gasteiger partial charge in [0.15, 0.2) is 18.3 Å². The molecule has 0 fully saturated rings. The third-order valence-corrected chi connectivity index (χ3v) is 3.78. The van der Waals surface area contributed by atoms with Crippen LogP contribution >= 0.6 is 0 Å². The van der Waals surface area contributed by atoms with Gasteiger partial charge in [-0.25, -0.2) is 15.0 Å². The summed E-state index contributed by atoms with van der Waals surface area (Å²) in [4.78, 5) is 26.1. The van der Waals surface area contributed by atoms with Crippen molar-refractivity contribution in [2.75, 3.05) is 6.54 Å². The van der Waals surface area contributed by atoms with Gasteiger partial charge in [0.05, 0.1) is 6.54 Å². The summed E-state index contributed by atoms with van der Waals surface area (Å²) in [5.41, 5.74) is 0. The number of rotatable bonds is 4. The van der Waals surface area contributed by atoms with Crippen LogP contribution in [0.4, 0.5) is 0 Å². The van der Waals surface area contributed by atoms with Crippen molar-refractivity contribution in [2.45, 2.75) is 19.7 Å². The van der Waals surface area contributed by atoms with E-state index in [0.29, 0.717) is 31.3 Å². The van der Waals surface area contributed by atoms with Gasteiger partial charge in [0, 0.05) is 32.5 Å². The molecule has 0 aromatic carbocycles. The number of fused-ring (bicyclic) bond motifs is 1. The Balaban J connectivity index is 1.44. The first kappa shape index (κ1) is 15.2. The molecule has 0 spiro atoms. The van der Waals surface area contributed by atoms with Crippen LogP contribution in [0.1, 0.15) is 22.3 Å². The van der Waals surface area contributed by atoms with Crippen LogP contribution < -0.4 is 4.74 Å². The Morgan fingerprint density at radius 1 is 1.20 bits per heavy atom. The Morgan fingerprint density at radius 3 is 2.80 bits per heavy atom. The zero-order chi connectivity index (χ0) is 17.2. The van der Waals surface area contributed by atoms with Gasteiger partial charge in [-0.3, -0.25) is 9.48 Å². The first-order chi connectivity index (χ1) is 12.2. The number of amides is 1. The zero-order valence-electron chi connectivity index (χ0n) is 13.5. The molecule has 1 amide bonds. The number of carbonyl (C=O) groups is 1. The maximum absolute atomic E-state index is 12.4. The van der Waals surface area contributed by atoms with Crippen LogP contribution in [0.15, 0.2) is 24.8 Å². The van der Waals surface area contributed by atoms with E-state index in [9.17, 15) is 4.79 Å². The van der Waals surface area contributed by atoms with E-state index in [1.165, 1.54) is 11.0 Å². The highest BCUT2D eigenvalue weighted by atomic mass is 16.5. The van der Waals surface area contributed by atoms with Crippen molar-refractivity contribution in [3.8, 4) is 6.01 Å². The lowest BCUT2D eigenvalue weighted by molar-refractivity contribution is 0.0692.